The molecule has 0 bridgehead atoms. The van der Waals surface area contributed by atoms with Crippen LogP contribution in [0.1, 0.15) is 49.3 Å². The molecule has 0 N–H and O–H groups in total. The van der Waals surface area contributed by atoms with Crippen LogP contribution in [0.2, 0.25) is 0 Å². The van der Waals surface area contributed by atoms with E-state index in [1.54, 1.807) is 25.1 Å². The first-order valence-corrected chi connectivity index (χ1v) is 12.3. The molecule has 0 spiro atoms. The predicted molar refractivity (Wildman–Crippen MR) is 105 cm³/mol. The van der Waals surface area contributed by atoms with E-state index in [4.69, 9.17) is 0 Å². The zero-order valence-electron chi connectivity index (χ0n) is 16.5. The van der Waals surface area contributed by atoms with E-state index < -0.39 is 30.1 Å². The highest BCUT2D eigenvalue weighted by Gasteiger charge is 2.46. The molecule has 4 nitrogen and oxygen atoms in total. The smallest absolute Gasteiger partial charge is 0.224 e. The van der Waals surface area contributed by atoms with Crippen molar-refractivity contribution in [3.63, 3.8) is 0 Å². The maximum Gasteiger partial charge on any atom is 0.501 e. The molecule has 29 heavy (non-hydrogen) atoms. The number of benzene rings is 2. The standard InChI is InChI=1S/C20H23F3O4S2/c1-13(2)17-9-15(10-19(12-17)28(4,24)25)8-14(3)16-6-5-7-18(11-16)29(26,27)20(21,22)23/h5-7,9-14H,8H2,1-4H3. The summed E-state index contributed by atoms with van der Waals surface area (Å²) in [7, 11) is -8.86. The summed E-state index contributed by atoms with van der Waals surface area (Å²) >= 11 is 0. The van der Waals surface area contributed by atoms with Crippen LogP contribution < -0.4 is 0 Å². The van der Waals surface area contributed by atoms with Gasteiger partial charge in [-0.1, -0.05) is 39.0 Å². The number of rotatable bonds is 6. The maximum absolute atomic E-state index is 12.8. The van der Waals surface area contributed by atoms with Gasteiger partial charge in [-0.15, -0.1) is 0 Å². The van der Waals surface area contributed by atoms with Gasteiger partial charge in [0.25, 0.3) is 9.84 Å². The Morgan fingerprint density at radius 3 is 1.97 bits per heavy atom. The first kappa shape index (κ1) is 23.4. The highest BCUT2D eigenvalue weighted by atomic mass is 32.2. The Kier molecular flexibility index (Phi) is 6.54. The van der Waals surface area contributed by atoms with E-state index in [9.17, 15) is 30.0 Å². The average molecular weight is 449 g/mol. The SMILES string of the molecule is CC(C)c1cc(CC(C)c2cccc(S(=O)(=O)C(F)(F)F)c2)cc(S(C)(=O)=O)c1. The summed E-state index contributed by atoms with van der Waals surface area (Å²) in [6.45, 7) is 5.61. The molecule has 160 valence electrons. The van der Waals surface area contributed by atoms with Crippen molar-refractivity contribution in [1.29, 1.82) is 0 Å². The van der Waals surface area contributed by atoms with Gasteiger partial charge >= 0.3 is 5.51 Å². The van der Waals surface area contributed by atoms with Gasteiger partial charge in [-0.05, 0) is 59.2 Å². The Bertz CT molecular complexity index is 1100. The monoisotopic (exact) mass is 448 g/mol. The minimum Gasteiger partial charge on any atom is -0.224 e. The molecule has 1 atom stereocenters. The van der Waals surface area contributed by atoms with E-state index in [1.165, 1.54) is 6.07 Å². The molecule has 2 aromatic carbocycles. The van der Waals surface area contributed by atoms with Gasteiger partial charge in [0.05, 0.1) is 9.79 Å². The average Bonchev–Trinajstić information content (AvgIpc) is 2.59. The molecule has 0 saturated heterocycles. The quantitative estimate of drug-likeness (QED) is 0.633. The van der Waals surface area contributed by atoms with Crippen LogP contribution in [-0.4, -0.2) is 28.6 Å². The van der Waals surface area contributed by atoms with Gasteiger partial charge in [-0.2, -0.15) is 13.2 Å². The number of hydrogen-bond acceptors (Lipinski definition) is 4. The van der Waals surface area contributed by atoms with Crippen molar-refractivity contribution in [2.24, 2.45) is 0 Å². The normalized spacial score (nSPS) is 14.2. The Morgan fingerprint density at radius 2 is 1.45 bits per heavy atom. The first-order chi connectivity index (χ1) is 13.1. The Morgan fingerprint density at radius 1 is 0.862 bits per heavy atom. The Labute approximate surface area is 169 Å². The summed E-state index contributed by atoms with van der Waals surface area (Å²) in [5.41, 5.74) is -3.40. The lowest BCUT2D eigenvalue weighted by Crippen LogP contribution is -2.23. The van der Waals surface area contributed by atoms with Crippen molar-refractivity contribution >= 4 is 19.7 Å². The molecule has 9 heteroatoms. The van der Waals surface area contributed by atoms with Crippen LogP contribution in [-0.2, 0) is 26.1 Å². The molecule has 0 aliphatic rings. The summed E-state index contributed by atoms with van der Waals surface area (Å²) in [5.74, 6) is -0.237. The summed E-state index contributed by atoms with van der Waals surface area (Å²) in [6.07, 6.45) is 1.46. The molecule has 0 radical (unpaired) electrons. The third-order valence-corrected chi connectivity index (χ3v) is 7.24. The lowest BCUT2D eigenvalue weighted by molar-refractivity contribution is -0.0436. The van der Waals surface area contributed by atoms with E-state index in [0.29, 0.717) is 17.5 Å². The Balaban J connectivity index is 2.42. The third kappa shape index (κ3) is 5.39. The fourth-order valence-corrected chi connectivity index (χ4v) is 4.48. The number of alkyl halides is 3. The molecule has 0 heterocycles. The van der Waals surface area contributed by atoms with Crippen LogP contribution in [0.5, 0.6) is 0 Å². The van der Waals surface area contributed by atoms with Crippen LogP contribution in [0.15, 0.2) is 52.3 Å². The molecule has 0 aliphatic heterocycles. The molecule has 2 aromatic rings. The minimum atomic E-state index is -5.43. The van der Waals surface area contributed by atoms with Crippen molar-refractivity contribution in [2.45, 2.75) is 54.3 Å². The van der Waals surface area contributed by atoms with Crippen molar-refractivity contribution in [3.8, 4) is 0 Å². The summed E-state index contributed by atoms with van der Waals surface area (Å²) in [4.78, 5) is -0.624. The molecule has 0 aromatic heterocycles. The lowest BCUT2D eigenvalue weighted by Gasteiger charge is -2.17. The lowest BCUT2D eigenvalue weighted by atomic mass is 9.91. The fraction of sp³-hybridized carbons (Fsp3) is 0.400. The molecular formula is C20H23F3O4S2. The van der Waals surface area contributed by atoms with Gasteiger partial charge < -0.3 is 0 Å². The van der Waals surface area contributed by atoms with Gasteiger partial charge in [0.1, 0.15) is 0 Å². The topological polar surface area (TPSA) is 68.3 Å². The van der Waals surface area contributed by atoms with Crippen LogP contribution >= 0.6 is 0 Å². The summed E-state index contributed by atoms with van der Waals surface area (Å²) < 4.78 is 85.8. The summed E-state index contributed by atoms with van der Waals surface area (Å²) in [6, 6.07) is 9.81. The number of hydrogen-bond donors (Lipinski definition) is 0. The predicted octanol–water partition coefficient (Wildman–Crippen LogP) is 4.85. The second-order valence-electron chi connectivity index (χ2n) is 7.46. The second kappa shape index (κ2) is 8.10. The van der Waals surface area contributed by atoms with Crippen molar-refractivity contribution in [3.05, 3.63) is 59.2 Å². The minimum absolute atomic E-state index is 0.0889. The zero-order valence-corrected chi connectivity index (χ0v) is 18.1. The van der Waals surface area contributed by atoms with E-state index in [1.807, 2.05) is 19.9 Å². The molecule has 0 saturated carbocycles. The van der Waals surface area contributed by atoms with Crippen LogP contribution in [0.4, 0.5) is 13.2 Å². The summed E-state index contributed by atoms with van der Waals surface area (Å²) in [5, 5.41) is 0. The molecule has 0 aliphatic carbocycles. The second-order valence-corrected chi connectivity index (χ2v) is 11.4. The highest BCUT2D eigenvalue weighted by Crippen LogP contribution is 2.32. The first-order valence-electron chi connectivity index (χ1n) is 8.88. The van der Waals surface area contributed by atoms with E-state index in [-0.39, 0.29) is 16.7 Å². The molecule has 1 unspecified atom stereocenters. The van der Waals surface area contributed by atoms with Crippen molar-refractivity contribution in [2.75, 3.05) is 6.26 Å². The van der Waals surface area contributed by atoms with E-state index in [2.05, 4.69) is 0 Å². The largest absolute Gasteiger partial charge is 0.501 e. The van der Waals surface area contributed by atoms with Gasteiger partial charge in [0.15, 0.2) is 9.84 Å². The van der Waals surface area contributed by atoms with E-state index >= 15 is 0 Å². The van der Waals surface area contributed by atoms with Crippen LogP contribution in [0.25, 0.3) is 0 Å². The van der Waals surface area contributed by atoms with E-state index in [0.717, 1.165) is 24.0 Å². The molecular weight excluding hydrogens is 425 g/mol. The van der Waals surface area contributed by atoms with Gasteiger partial charge in [0.2, 0.25) is 0 Å². The van der Waals surface area contributed by atoms with Gasteiger partial charge in [-0.25, -0.2) is 16.8 Å². The molecule has 2 rings (SSSR count). The maximum atomic E-state index is 12.8. The van der Waals surface area contributed by atoms with Crippen LogP contribution in [0, 0.1) is 0 Å². The zero-order chi connectivity index (χ0) is 22.2. The molecule has 0 fully saturated rings. The number of sulfone groups is 2. The fourth-order valence-electron chi connectivity index (χ4n) is 2.94. The molecule has 0 amide bonds. The van der Waals surface area contributed by atoms with Gasteiger partial charge in [-0.3, -0.25) is 0 Å². The third-order valence-electron chi connectivity index (χ3n) is 4.67. The highest BCUT2D eigenvalue weighted by molar-refractivity contribution is 7.92. The Hall–Kier alpha value is -1.87. The van der Waals surface area contributed by atoms with Crippen molar-refractivity contribution in [1.82, 2.24) is 0 Å². The van der Waals surface area contributed by atoms with Crippen molar-refractivity contribution < 1.29 is 30.0 Å². The van der Waals surface area contributed by atoms with Crippen LogP contribution in [0.3, 0.4) is 0 Å². The van der Waals surface area contributed by atoms with Gasteiger partial charge in [0, 0.05) is 6.26 Å². The number of halogens is 3.